The highest BCUT2D eigenvalue weighted by Crippen LogP contribution is 2.36. The normalized spacial score (nSPS) is 26.4. The van der Waals surface area contributed by atoms with Gasteiger partial charge in [0, 0.05) is 18.1 Å². The third kappa shape index (κ3) is 2.76. The summed E-state index contributed by atoms with van der Waals surface area (Å²) in [7, 11) is 0. The maximum atomic E-state index is 5.84. The van der Waals surface area contributed by atoms with Crippen molar-refractivity contribution in [3.05, 3.63) is 35.9 Å². The van der Waals surface area contributed by atoms with Crippen LogP contribution in [0.3, 0.4) is 0 Å². The lowest BCUT2D eigenvalue weighted by molar-refractivity contribution is 0.127. The average molecular weight is 246 g/mol. The van der Waals surface area contributed by atoms with Crippen molar-refractivity contribution in [2.45, 2.75) is 57.7 Å². The minimum Gasteiger partial charge on any atom is -0.330 e. The van der Waals surface area contributed by atoms with Crippen molar-refractivity contribution in [1.29, 1.82) is 0 Å². The minimum atomic E-state index is 0.499. The molecule has 1 heterocycles. The lowest BCUT2D eigenvalue weighted by Crippen LogP contribution is -2.38. The van der Waals surface area contributed by atoms with Crippen LogP contribution in [0.2, 0.25) is 0 Å². The zero-order valence-electron chi connectivity index (χ0n) is 11.7. The number of nitrogens with two attached hydrogens (primary N) is 1. The van der Waals surface area contributed by atoms with E-state index in [4.69, 9.17) is 5.73 Å². The second kappa shape index (κ2) is 6.35. The number of hydrogen-bond acceptors (Lipinski definition) is 2. The molecule has 2 N–H and O–H groups in total. The highest BCUT2D eigenvalue weighted by molar-refractivity contribution is 5.20. The van der Waals surface area contributed by atoms with Crippen LogP contribution in [0, 0.1) is 0 Å². The smallest absolute Gasteiger partial charge is 0.0365 e. The van der Waals surface area contributed by atoms with Crippen LogP contribution < -0.4 is 5.73 Å². The van der Waals surface area contributed by atoms with Crippen molar-refractivity contribution in [2.24, 2.45) is 5.73 Å². The summed E-state index contributed by atoms with van der Waals surface area (Å²) >= 11 is 0. The van der Waals surface area contributed by atoms with Gasteiger partial charge in [-0.25, -0.2) is 0 Å². The van der Waals surface area contributed by atoms with Crippen LogP contribution in [0.1, 0.15) is 51.1 Å². The fourth-order valence-electron chi connectivity index (χ4n) is 3.39. The first-order chi connectivity index (χ1) is 8.77. The van der Waals surface area contributed by atoms with Gasteiger partial charge < -0.3 is 5.73 Å². The maximum Gasteiger partial charge on any atom is 0.0365 e. The molecule has 0 spiro atoms. The van der Waals surface area contributed by atoms with Crippen LogP contribution in [0.4, 0.5) is 0 Å². The Morgan fingerprint density at radius 2 is 2.00 bits per heavy atom. The second-order valence-electron chi connectivity index (χ2n) is 5.44. The predicted molar refractivity (Wildman–Crippen MR) is 77.5 cm³/mol. The first kappa shape index (κ1) is 13.6. The molecule has 2 heteroatoms. The summed E-state index contributed by atoms with van der Waals surface area (Å²) < 4.78 is 0. The van der Waals surface area contributed by atoms with Crippen LogP contribution in [0.25, 0.3) is 0 Å². The van der Waals surface area contributed by atoms with Gasteiger partial charge in [-0.1, -0.05) is 37.3 Å². The van der Waals surface area contributed by atoms with Gasteiger partial charge in [0.25, 0.3) is 0 Å². The lowest BCUT2D eigenvalue weighted by Gasteiger charge is -2.36. The molecule has 1 aromatic rings. The van der Waals surface area contributed by atoms with Crippen LogP contribution >= 0.6 is 0 Å². The summed E-state index contributed by atoms with van der Waals surface area (Å²) in [6, 6.07) is 12.8. The number of rotatable bonds is 5. The molecule has 1 aromatic carbocycles. The average Bonchev–Trinajstić information content (AvgIpc) is 2.78. The Hall–Kier alpha value is -0.860. The summed E-state index contributed by atoms with van der Waals surface area (Å²) in [5, 5.41) is 0. The van der Waals surface area contributed by atoms with Crippen molar-refractivity contribution in [2.75, 3.05) is 6.54 Å². The van der Waals surface area contributed by atoms with Gasteiger partial charge in [0.05, 0.1) is 0 Å². The van der Waals surface area contributed by atoms with E-state index in [9.17, 15) is 0 Å². The highest BCUT2D eigenvalue weighted by atomic mass is 15.2. The number of hydrogen-bond donors (Lipinski definition) is 1. The van der Waals surface area contributed by atoms with E-state index in [1.54, 1.807) is 0 Å². The third-order valence-electron chi connectivity index (χ3n) is 4.30. The molecule has 2 rings (SSSR count). The third-order valence-corrected chi connectivity index (χ3v) is 4.30. The Morgan fingerprint density at radius 1 is 1.28 bits per heavy atom. The van der Waals surface area contributed by atoms with E-state index >= 15 is 0 Å². The Labute approximate surface area is 111 Å². The number of benzene rings is 1. The SMILES string of the molecule is CCC1CCC(C)N1C(CCN)c1ccccc1. The van der Waals surface area contributed by atoms with E-state index in [1.165, 1.54) is 24.8 Å². The van der Waals surface area contributed by atoms with Crippen LogP contribution in [-0.4, -0.2) is 23.5 Å². The van der Waals surface area contributed by atoms with Crippen molar-refractivity contribution in [3.8, 4) is 0 Å². The van der Waals surface area contributed by atoms with Gasteiger partial charge in [0.1, 0.15) is 0 Å². The molecule has 1 saturated heterocycles. The lowest BCUT2D eigenvalue weighted by atomic mass is 9.99. The molecule has 0 radical (unpaired) electrons. The van der Waals surface area contributed by atoms with E-state index in [1.807, 2.05) is 0 Å². The second-order valence-corrected chi connectivity index (χ2v) is 5.44. The quantitative estimate of drug-likeness (QED) is 0.863. The van der Waals surface area contributed by atoms with E-state index < -0.39 is 0 Å². The number of nitrogens with zero attached hydrogens (tertiary/aromatic N) is 1. The summed E-state index contributed by atoms with van der Waals surface area (Å²) in [5.74, 6) is 0. The van der Waals surface area contributed by atoms with Crippen molar-refractivity contribution in [1.82, 2.24) is 4.90 Å². The highest BCUT2D eigenvalue weighted by Gasteiger charge is 2.34. The monoisotopic (exact) mass is 246 g/mol. The standard InChI is InChI=1S/C16H26N2/c1-3-15-10-9-13(2)18(15)16(11-12-17)14-7-5-4-6-8-14/h4-8,13,15-16H,3,9-12,17H2,1-2H3. The van der Waals surface area contributed by atoms with E-state index in [0.29, 0.717) is 12.1 Å². The summed E-state index contributed by atoms with van der Waals surface area (Å²) in [5.41, 5.74) is 7.27. The van der Waals surface area contributed by atoms with Gasteiger partial charge in [-0.3, -0.25) is 4.90 Å². The van der Waals surface area contributed by atoms with Crippen molar-refractivity contribution >= 4 is 0 Å². The van der Waals surface area contributed by atoms with Crippen LogP contribution in [-0.2, 0) is 0 Å². The van der Waals surface area contributed by atoms with Gasteiger partial charge in [-0.15, -0.1) is 0 Å². The Kier molecular flexibility index (Phi) is 4.79. The first-order valence-corrected chi connectivity index (χ1v) is 7.30. The Balaban J connectivity index is 2.24. The number of likely N-dealkylation sites (tertiary alicyclic amines) is 1. The van der Waals surface area contributed by atoms with Crippen molar-refractivity contribution < 1.29 is 0 Å². The predicted octanol–water partition coefficient (Wildman–Crippen LogP) is 3.34. The molecule has 1 fully saturated rings. The molecule has 0 aromatic heterocycles. The fourth-order valence-corrected chi connectivity index (χ4v) is 3.39. The Morgan fingerprint density at radius 3 is 2.61 bits per heavy atom. The maximum absolute atomic E-state index is 5.84. The topological polar surface area (TPSA) is 29.3 Å². The molecular weight excluding hydrogens is 220 g/mol. The van der Waals surface area contributed by atoms with Gasteiger partial charge in [-0.05, 0) is 44.7 Å². The molecule has 0 aliphatic carbocycles. The van der Waals surface area contributed by atoms with Gasteiger partial charge in [-0.2, -0.15) is 0 Å². The van der Waals surface area contributed by atoms with E-state index in [2.05, 4.69) is 49.1 Å². The van der Waals surface area contributed by atoms with Crippen molar-refractivity contribution in [3.63, 3.8) is 0 Å². The molecule has 3 atom stereocenters. The van der Waals surface area contributed by atoms with E-state index in [0.717, 1.165) is 19.0 Å². The summed E-state index contributed by atoms with van der Waals surface area (Å²) in [6.07, 6.45) is 4.97. The molecule has 1 aliphatic rings. The van der Waals surface area contributed by atoms with Crippen LogP contribution in [0.5, 0.6) is 0 Å². The molecule has 0 bridgehead atoms. The van der Waals surface area contributed by atoms with Gasteiger partial charge in [0.2, 0.25) is 0 Å². The minimum absolute atomic E-state index is 0.499. The molecule has 100 valence electrons. The molecule has 1 aliphatic heterocycles. The largest absolute Gasteiger partial charge is 0.330 e. The Bertz CT molecular complexity index is 349. The molecule has 2 nitrogen and oxygen atoms in total. The molecule has 0 amide bonds. The summed E-state index contributed by atoms with van der Waals surface area (Å²) in [4.78, 5) is 2.71. The first-order valence-electron chi connectivity index (χ1n) is 7.30. The molecular formula is C16H26N2. The molecule has 18 heavy (non-hydrogen) atoms. The van der Waals surface area contributed by atoms with Gasteiger partial charge >= 0.3 is 0 Å². The molecule has 3 unspecified atom stereocenters. The fraction of sp³-hybridized carbons (Fsp3) is 0.625. The molecule has 0 saturated carbocycles. The zero-order chi connectivity index (χ0) is 13.0. The van der Waals surface area contributed by atoms with E-state index in [-0.39, 0.29) is 0 Å². The van der Waals surface area contributed by atoms with Crippen LogP contribution in [0.15, 0.2) is 30.3 Å². The summed E-state index contributed by atoms with van der Waals surface area (Å²) in [6.45, 7) is 5.43. The van der Waals surface area contributed by atoms with Gasteiger partial charge in [0.15, 0.2) is 0 Å². The zero-order valence-corrected chi connectivity index (χ0v) is 11.7.